The second-order valence-corrected chi connectivity index (χ2v) is 6.04. The van der Waals surface area contributed by atoms with Crippen LogP contribution in [0.5, 0.6) is 5.75 Å². The summed E-state index contributed by atoms with van der Waals surface area (Å²) in [6.45, 7) is 6.97. The van der Waals surface area contributed by atoms with E-state index in [1.165, 1.54) is 0 Å². The second kappa shape index (κ2) is 5.95. The highest BCUT2D eigenvalue weighted by Crippen LogP contribution is 2.25. The van der Waals surface area contributed by atoms with Crippen molar-refractivity contribution in [2.75, 3.05) is 13.2 Å². The normalized spacial score (nSPS) is 13.8. The van der Waals surface area contributed by atoms with Gasteiger partial charge in [-0.25, -0.2) is 0 Å². The van der Waals surface area contributed by atoms with Gasteiger partial charge >= 0.3 is 0 Å². The summed E-state index contributed by atoms with van der Waals surface area (Å²) < 4.78 is 5.79. The molecule has 1 amide bonds. The number of nitrogens with zero attached hydrogens (tertiary/aromatic N) is 1. The van der Waals surface area contributed by atoms with Crippen LogP contribution in [0.2, 0.25) is 0 Å². The van der Waals surface area contributed by atoms with E-state index in [0.717, 1.165) is 33.7 Å². The lowest BCUT2D eigenvalue weighted by atomic mass is 10.1. The predicted octanol–water partition coefficient (Wildman–Crippen LogP) is 1.59. The predicted molar refractivity (Wildman–Crippen MR) is 86.7 cm³/mol. The molecule has 6 nitrogen and oxygen atoms in total. The molecule has 0 bridgehead atoms. The van der Waals surface area contributed by atoms with Crippen molar-refractivity contribution in [3.63, 3.8) is 0 Å². The SMILES string of the molecule is Cc1ccc(C)c(OCC(=O)N2CCc3c([nH][nH]c3=O)C2)c1C. The fraction of sp³-hybridized carbons (Fsp3) is 0.412. The quantitative estimate of drug-likeness (QED) is 0.903. The fourth-order valence-electron chi connectivity index (χ4n) is 2.92. The Balaban J connectivity index is 1.67. The van der Waals surface area contributed by atoms with Crippen LogP contribution in [0, 0.1) is 20.8 Å². The number of amides is 1. The van der Waals surface area contributed by atoms with Gasteiger partial charge in [0.2, 0.25) is 0 Å². The molecule has 0 saturated heterocycles. The standard InChI is InChI=1S/C17H21N3O3/c1-10-4-5-11(2)16(12(10)3)23-9-15(21)20-7-6-13-14(8-20)18-19-17(13)22/h4-5H,6-9H2,1-3H3,(H2,18,19,22). The molecule has 1 aliphatic heterocycles. The summed E-state index contributed by atoms with van der Waals surface area (Å²) in [5, 5.41) is 5.41. The molecule has 3 rings (SSSR count). The van der Waals surface area contributed by atoms with Gasteiger partial charge in [-0.3, -0.25) is 14.7 Å². The molecule has 6 heteroatoms. The third kappa shape index (κ3) is 2.88. The summed E-state index contributed by atoms with van der Waals surface area (Å²) in [5.41, 5.74) is 4.68. The molecule has 23 heavy (non-hydrogen) atoms. The number of benzene rings is 1. The number of hydrogen-bond acceptors (Lipinski definition) is 3. The van der Waals surface area contributed by atoms with Gasteiger partial charge in [-0.2, -0.15) is 0 Å². The van der Waals surface area contributed by atoms with Gasteiger partial charge in [0.1, 0.15) is 5.75 Å². The molecule has 1 aromatic heterocycles. The van der Waals surface area contributed by atoms with E-state index in [2.05, 4.69) is 10.2 Å². The summed E-state index contributed by atoms with van der Waals surface area (Å²) in [4.78, 5) is 25.7. The summed E-state index contributed by atoms with van der Waals surface area (Å²) in [5.74, 6) is 0.712. The molecule has 122 valence electrons. The van der Waals surface area contributed by atoms with E-state index in [9.17, 15) is 9.59 Å². The van der Waals surface area contributed by atoms with Crippen LogP contribution < -0.4 is 10.3 Å². The van der Waals surface area contributed by atoms with E-state index in [1.807, 2.05) is 32.9 Å². The van der Waals surface area contributed by atoms with Crippen LogP contribution in [0.1, 0.15) is 27.9 Å². The van der Waals surface area contributed by atoms with Gasteiger partial charge in [0, 0.05) is 12.1 Å². The van der Waals surface area contributed by atoms with Crippen LogP contribution in [0.25, 0.3) is 0 Å². The molecule has 2 heterocycles. The summed E-state index contributed by atoms with van der Waals surface area (Å²) in [7, 11) is 0. The Morgan fingerprint density at radius 2 is 1.96 bits per heavy atom. The van der Waals surface area contributed by atoms with Crippen LogP contribution in [-0.4, -0.2) is 34.2 Å². The maximum Gasteiger partial charge on any atom is 0.267 e. The number of fused-ring (bicyclic) bond motifs is 1. The minimum absolute atomic E-state index is 0.00905. The number of ether oxygens (including phenoxy) is 1. The third-order valence-electron chi connectivity index (χ3n) is 4.51. The number of rotatable bonds is 3. The van der Waals surface area contributed by atoms with E-state index in [4.69, 9.17) is 4.74 Å². The first-order valence-corrected chi connectivity index (χ1v) is 7.73. The lowest BCUT2D eigenvalue weighted by Crippen LogP contribution is -2.39. The van der Waals surface area contributed by atoms with Gasteiger partial charge in [-0.1, -0.05) is 12.1 Å². The zero-order valence-corrected chi connectivity index (χ0v) is 13.7. The lowest BCUT2D eigenvalue weighted by Gasteiger charge is -2.26. The zero-order valence-electron chi connectivity index (χ0n) is 13.7. The first-order chi connectivity index (χ1) is 11.0. The number of aromatic nitrogens is 2. The zero-order chi connectivity index (χ0) is 16.6. The van der Waals surface area contributed by atoms with E-state index in [-0.39, 0.29) is 18.1 Å². The Morgan fingerprint density at radius 3 is 2.74 bits per heavy atom. The highest BCUT2D eigenvalue weighted by atomic mass is 16.5. The number of carbonyl (C=O) groups excluding carboxylic acids is 1. The first-order valence-electron chi connectivity index (χ1n) is 7.73. The Kier molecular flexibility index (Phi) is 3.98. The number of H-pyrrole nitrogens is 2. The van der Waals surface area contributed by atoms with Gasteiger partial charge in [0.15, 0.2) is 6.61 Å². The number of aromatic amines is 2. The highest BCUT2D eigenvalue weighted by molar-refractivity contribution is 5.78. The third-order valence-corrected chi connectivity index (χ3v) is 4.51. The molecule has 2 aromatic rings. The van der Waals surface area contributed by atoms with Crippen molar-refractivity contribution < 1.29 is 9.53 Å². The van der Waals surface area contributed by atoms with Crippen LogP contribution in [-0.2, 0) is 17.8 Å². The lowest BCUT2D eigenvalue weighted by molar-refractivity contribution is -0.134. The maximum absolute atomic E-state index is 12.4. The summed E-state index contributed by atoms with van der Waals surface area (Å²) >= 11 is 0. The molecular weight excluding hydrogens is 294 g/mol. The van der Waals surface area contributed by atoms with Gasteiger partial charge in [-0.05, 0) is 43.9 Å². The van der Waals surface area contributed by atoms with Crippen LogP contribution in [0.15, 0.2) is 16.9 Å². The molecule has 1 aromatic carbocycles. The molecule has 0 atom stereocenters. The Hall–Kier alpha value is -2.50. The van der Waals surface area contributed by atoms with Crippen molar-refractivity contribution in [3.05, 3.63) is 50.4 Å². The van der Waals surface area contributed by atoms with Crippen molar-refractivity contribution in [2.45, 2.75) is 33.7 Å². The van der Waals surface area contributed by atoms with Gasteiger partial charge < -0.3 is 14.7 Å². The van der Waals surface area contributed by atoms with E-state index in [1.54, 1.807) is 4.90 Å². The van der Waals surface area contributed by atoms with E-state index >= 15 is 0 Å². The highest BCUT2D eigenvalue weighted by Gasteiger charge is 2.24. The summed E-state index contributed by atoms with van der Waals surface area (Å²) in [6.07, 6.45) is 0.572. The smallest absolute Gasteiger partial charge is 0.267 e. The second-order valence-electron chi connectivity index (χ2n) is 6.04. The molecular formula is C17H21N3O3. The average Bonchev–Trinajstić information content (AvgIpc) is 2.91. The number of aryl methyl sites for hydroxylation is 2. The molecule has 0 spiro atoms. The Morgan fingerprint density at radius 1 is 1.22 bits per heavy atom. The van der Waals surface area contributed by atoms with Gasteiger partial charge in [0.25, 0.3) is 11.5 Å². The van der Waals surface area contributed by atoms with Crippen molar-refractivity contribution in [3.8, 4) is 5.75 Å². The van der Waals surface area contributed by atoms with Gasteiger partial charge in [0.05, 0.1) is 12.2 Å². The van der Waals surface area contributed by atoms with E-state index < -0.39 is 0 Å². The Bertz CT molecular complexity index is 804. The Labute approximate surface area is 134 Å². The van der Waals surface area contributed by atoms with Crippen LogP contribution >= 0.6 is 0 Å². The molecule has 0 radical (unpaired) electrons. The molecule has 0 fully saturated rings. The number of carbonyl (C=O) groups is 1. The summed E-state index contributed by atoms with van der Waals surface area (Å²) in [6, 6.07) is 4.05. The maximum atomic E-state index is 12.4. The molecule has 2 N–H and O–H groups in total. The van der Waals surface area contributed by atoms with E-state index in [0.29, 0.717) is 19.5 Å². The van der Waals surface area contributed by atoms with Crippen molar-refractivity contribution in [1.29, 1.82) is 0 Å². The largest absolute Gasteiger partial charge is 0.483 e. The van der Waals surface area contributed by atoms with Crippen LogP contribution in [0.4, 0.5) is 0 Å². The monoisotopic (exact) mass is 315 g/mol. The minimum Gasteiger partial charge on any atom is -0.483 e. The molecule has 0 aliphatic carbocycles. The molecule has 0 unspecified atom stereocenters. The topological polar surface area (TPSA) is 78.2 Å². The minimum atomic E-state index is -0.0886. The average molecular weight is 315 g/mol. The number of nitrogens with one attached hydrogen (secondary N) is 2. The first kappa shape index (κ1) is 15.4. The van der Waals surface area contributed by atoms with Crippen molar-refractivity contribution in [2.24, 2.45) is 0 Å². The van der Waals surface area contributed by atoms with Crippen LogP contribution in [0.3, 0.4) is 0 Å². The molecule has 1 aliphatic rings. The van der Waals surface area contributed by atoms with Crippen molar-refractivity contribution >= 4 is 5.91 Å². The molecule has 0 saturated carbocycles. The van der Waals surface area contributed by atoms with Gasteiger partial charge in [-0.15, -0.1) is 0 Å². The van der Waals surface area contributed by atoms with Crippen molar-refractivity contribution in [1.82, 2.24) is 15.1 Å². The number of hydrogen-bond donors (Lipinski definition) is 2. The fourth-order valence-corrected chi connectivity index (χ4v) is 2.92.